The molecule has 10 heavy (non-hydrogen) atoms. The third-order valence-corrected chi connectivity index (χ3v) is 3.82. The molecule has 0 rings (SSSR count). The molecule has 0 N–H and O–H groups in total. The van der Waals surface area contributed by atoms with Crippen molar-refractivity contribution < 1.29 is 4.74 Å². The van der Waals surface area contributed by atoms with Gasteiger partial charge in [-0.15, -0.1) is 0 Å². The van der Waals surface area contributed by atoms with E-state index in [4.69, 9.17) is 4.74 Å². The molecule has 0 aliphatic rings. The Labute approximate surface area is 69.0 Å². The molecule has 0 fully saturated rings. The van der Waals surface area contributed by atoms with E-state index in [0.29, 0.717) is 0 Å². The van der Waals surface area contributed by atoms with Crippen molar-refractivity contribution in [2.45, 2.75) is 41.2 Å². The second kappa shape index (κ2) is 3.44. The molecular formula is C8H20OSn. The Morgan fingerprint density at radius 1 is 1.10 bits per heavy atom. The summed E-state index contributed by atoms with van der Waals surface area (Å²) in [5.74, 6) is 0. The third-order valence-electron chi connectivity index (χ3n) is 0.938. The molecule has 0 bridgehead atoms. The van der Waals surface area contributed by atoms with Gasteiger partial charge < -0.3 is 0 Å². The van der Waals surface area contributed by atoms with Crippen LogP contribution in [-0.4, -0.2) is 28.6 Å². The first-order valence-electron chi connectivity index (χ1n) is 3.85. The second-order valence-electron chi connectivity index (χ2n) is 4.96. The van der Waals surface area contributed by atoms with E-state index >= 15 is 0 Å². The van der Waals surface area contributed by atoms with Crippen molar-refractivity contribution in [3.63, 3.8) is 0 Å². The molecule has 0 amide bonds. The van der Waals surface area contributed by atoms with Gasteiger partial charge in [-0.25, -0.2) is 0 Å². The van der Waals surface area contributed by atoms with E-state index in [1.807, 2.05) is 0 Å². The van der Waals surface area contributed by atoms with Gasteiger partial charge in [0.1, 0.15) is 0 Å². The van der Waals surface area contributed by atoms with Gasteiger partial charge in [-0.2, -0.15) is 0 Å². The predicted octanol–water partition coefficient (Wildman–Crippen LogP) is 2.68. The van der Waals surface area contributed by atoms with Gasteiger partial charge in [0.15, 0.2) is 0 Å². The molecular weight excluding hydrogens is 231 g/mol. The predicted molar refractivity (Wildman–Crippen MR) is 49.1 cm³/mol. The van der Waals surface area contributed by atoms with Crippen LogP contribution in [0.2, 0.25) is 14.8 Å². The molecule has 0 unspecified atom stereocenters. The monoisotopic (exact) mass is 252 g/mol. The topological polar surface area (TPSA) is 9.23 Å². The van der Waals surface area contributed by atoms with E-state index < -0.39 is 18.4 Å². The normalized spacial score (nSPS) is 13.8. The number of hydrogen-bond donors (Lipinski definition) is 0. The van der Waals surface area contributed by atoms with Crippen LogP contribution in [-0.2, 0) is 4.74 Å². The molecule has 0 aromatic carbocycles. The average molecular weight is 251 g/mol. The zero-order chi connectivity index (χ0) is 8.41. The van der Waals surface area contributed by atoms with Crippen LogP contribution in [0.3, 0.4) is 0 Å². The molecule has 0 aromatic rings. The van der Waals surface area contributed by atoms with E-state index in [9.17, 15) is 0 Å². The van der Waals surface area contributed by atoms with Gasteiger partial charge in [-0.1, -0.05) is 0 Å². The summed E-state index contributed by atoms with van der Waals surface area (Å²) in [6, 6.07) is 0. The first-order valence-corrected chi connectivity index (χ1v) is 14.4. The zero-order valence-corrected chi connectivity index (χ0v) is 11.0. The Morgan fingerprint density at radius 3 is 1.60 bits per heavy atom. The van der Waals surface area contributed by atoms with Gasteiger partial charge in [-0.3, -0.25) is 0 Å². The Balaban J connectivity index is 3.56. The summed E-state index contributed by atoms with van der Waals surface area (Å²) in [6.07, 6.45) is 0. The molecule has 0 aliphatic carbocycles. The number of rotatable bonds is 2. The summed E-state index contributed by atoms with van der Waals surface area (Å²) in [5, 5.41) is 0. The number of hydrogen-bond acceptors (Lipinski definition) is 1. The SMILES string of the molecule is CC(C)(C)O[CH2][Sn]([CH3])([CH3])[CH3]. The molecule has 0 saturated heterocycles. The molecule has 0 spiro atoms. The van der Waals surface area contributed by atoms with Crippen molar-refractivity contribution in [3.8, 4) is 0 Å². The fourth-order valence-corrected chi connectivity index (χ4v) is 2.90. The quantitative estimate of drug-likeness (QED) is 0.685. The van der Waals surface area contributed by atoms with Gasteiger partial charge >= 0.3 is 68.9 Å². The molecule has 0 radical (unpaired) electrons. The van der Waals surface area contributed by atoms with Crippen LogP contribution >= 0.6 is 0 Å². The van der Waals surface area contributed by atoms with Crippen molar-refractivity contribution in [3.05, 3.63) is 0 Å². The second-order valence-corrected chi connectivity index (χ2v) is 20.4. The Hall–Kier alpha value is 0.759. The van der Waals surface area contributed by atoms with Crippen molar-refractivity contribution in [2.75, 3.05) is 4.62 Å². The third kappa shape index (κ3) is 8.76. The average Bonchev–Trinajstić information content (AvgIpc) is 1.57. The van der Waals surface area contributed by atoms with Gasteiger partial charge in [0.25, 0.3) is 0 Å². The van der Waals surface area contributed by atoms with Crippen LogP contribution in [0.25, 0.3) is 0 Å². The molecule has 0 atom stereocenters. The Morgan fingerprint density at radius 2 is 1.50 bits per heavy atom. The van der Waals surface area contributed by atoms with Crippen molar-refractivity contribution >= 4 is 18.4 Å². The minimum atomic E-state index is -1.64. The summed E-state index contributed by atoms with van der Waals surface area (Å²) in [7, 11) is 0. The van der Waals surface area contributed by atoms with Gasteiger partial charge in [-0.05, 0) is 0 Å². The van der Waals surface area contributed by atoms with Gasteiger partial charge in [0.05, 0.1) is 0 Å². The summed E-state index contributed by atoms with van der Waals surface area (Å²) >= 11 is -1.64. The molecule has 2 heteroatoms. The van der Waals surface area contributed by atoms with E-state index in [-0.39, 0.29) is 5.60 Å². The Bertz CT molecular complexity index is 82.8. The van der Waals surface area contributed by atoms with Crippen molar-refractivity contribution in [2.24, 2.45) is 0 Å². The first-order chi connectivity index (χ1) is 4.21. The summed E-state index contributed by atoms with van der Waals surface area (Å²) in [6.45, 7) is 6.35. The summed E-state index contributed by atoms with van der Waals surface area (Å²) in [5.41, 5.74) is 0.0597. The van der Waals surface area contributed by atoms with Crippen LogP contribution in [0.15, 0.2) is 0 Å². The van der Waals surface area contributed by atoms with E-state index in [1.165, 1.54) is 0 Å². The Kier molecular flexibility index (Phi) is 3.70. The molecule has 0 aromatic heterocycles. The van der Waals surface area contributed by atoms with E-state index in [2.05, 4.69) is 35.6 Å². The minimum absolute atomic E-state index is 0.0597. The van der Waals surface area contributed by atoms with Crippen LogP contribution in [0.1, 0.15) is 20.8 Å². The van der Waals surface area contributed by atoms with Crippen molar-refractivity contribution in [1.29, 1.82) is 0 Å². The fourth-order valence-electron chi connectivity index (χ4n) is 0.433. The first kappa shape index (κ1) is 10.8. The standard InChI is InChI=1S/C5H11O.3CH3.Sn/c1-5(2,3)6-4;;;;/h4H2,1-3H3;3*1H3;. The van der Waals surface area contributed by atoms with Crippen LogP contribution in [0, 0.1) is 0 Å². The summed E-state index contributed by atoms with van der Waals surface area (Å²) in [4.78, 5) is 7.17. The maximum absolute atomic E-state index is 5.69. The summed E-state index contributed by atoms with van der Waals surface area (Å²) < 4.78 is 6.73. The number of ether oxygens (including phenoxy) is 1. The van der Waals surface area contributed by atoms with E-state index in [0.717, 1.165) is 4.62 Å². The molecule has 1 nitrogen and oxygen atoms in total. The molecule has 62 valence electrons. The zero-order valence-electron chi connectivity index (χ0n) is 8.12. The maximum atomic E-state index is 5.69. The van der Waals surface area contributed by atoms with Crippen LogP contribution < -0.4 is 0 Å². The van der Waals surface area contributed by atoms with Gasteiger partial charge in [0.2, 0.25) is 0 Å². The van der Waals surface area contributed by atoms with Crippen LogP contribution in [0.4, 0.5) is 0 Å². The van der Waals surface area contributed by atoms with Crippen molar-refractivity contribution in [1.82, 2.24) is 0 Å². The molecule has 0 aliphatic heterocycles. The molecule has 0 saturated carbocycles. The molecule has 0 heterocycles. The van der Waals surface area contributed by atoms with Crippen LogP contribution in [0.5, 0.6) is 0 Å². The van der Waals surface area contributed by atoms with E-state index in [1.54, 1.807) is 0 Å². The van der Waals surface area contributed by atoms with Gasteiger partial charge in [0, 0.05) is 0 Å². The fraction of sp³-hybridized carbons (Fsp3) is 1.00.